The number of amides is 2. The largest absolute Gasteiger partial charge is 0.375 e. The summed E-state index contributed by atoms with van der Waals surface area (Å²) in [7, 11) is 0. The number of nitrogens with two attached hydrogens (primary N) is 1. The van der Waals surface area contributed by atoms with Gasteiger partial charge in [0.15, 0.2) is 0 Å². The maximum absolute atomic E-state index is 12.6. The molecule has 0 saturated heterocycles. The summed E-state index contributed by atoms with van der Waals surface area (Å²) in [6.45, 7) is 2.15. The van der Waals surface area contributed by atoms with E-state index in [2.05, 4.69) is 11.4 Å². The maximum atomic E-state index is 12.6. The van der Waals surface area contributed by atoms with Gasteiger partial charge in [-0.2, -0.15) is 0 Å². The van der Waals surface area contributed by atoms with Crippen molar-refractivity contribution in [3.8, 4) is 0 Å². The lowest BCUT2D eigenvalue weighted by molar-refractivity contribution is -0.117. The summed E-state index contributed by atoms with van der Waals surface area (Å²) in [6.07, 6.45) is 0.861. The van der Waals surface area contributed by atoms with Crippen molar-refractivity contribution in [3.63, 3.8) is 0 Å². The van der Waals surface area contributed by atoms with Crippen LogP contribution in [0, 0.1) is 0 Å². The molecule has 0 saturated carbocycles. The van der Waals surface area contributed by atoms with Crippen LogP contribution in [0.3, 0.4) is 0 Å². The van der Waals surface area contributed by atoms with Crippen molar-refractivity contribution in [2.45, 2.75) is 19.4 Å². The van der Waals surface area contributed by atoms with E-state index in [4.69, 9.17) is 5.73 Å². The van der Waals surface area contributed by atoms with Gasteiger partial charge in [0.25, 0.3) is 5.91 Å². The number of fused-ring (bicyclic) bond motifs is 1. The van der Waals surface area contributed by atoms with E-state index >= 15 is 0 Å². The number of anilines is 2. The van der Waals surface area contributed by atoms with E-state index in [0.717, 1.165) is 12.1 Å². The number of primary amides is 1. The van der Waals surface area contributed by atoms with Crippen LogP contribution in [0.4, 0.5) is 11.4 Å². The molecule has 0 fully saturated rings. The van der Waals surface area contributed by atoms with Crippen LogP contribution in [0.2, 0.25) is 0 Å². The first kappa shape index (κ1) is 15.1. The first-order valence-electron chi connectivity index (χ1n) is 7.60. The Hall–Kier alpha value is -2.82. The number of carbonyl (C=O) groups is 2. The summed E-state index contributed by atoms with van der Waals surface area (Å²) in [5.41, 5.74) is 8.47. The Morgan fingerprint density at radius 1 is 1.17 bits per heavy atom. The number of rotatable bonds is 4. The Bertz CT molecular complexity index is 757. The maximum Gasteiger partial charge on any atom is 0.250 e. The number of carbonyl (C=O) groups excluding carboxylic acids is 2. The molecule has 1 unspecified atom stereocenters. The van der Waals surface area contributed by atoms with Gasteiger partial charge >= 0.3 is 0 Å². The van der Waals surface area contributed by atoms with Crippen LogP contribution >= 0.6 is 0 Å². The van der Waals surface area contributed by atoms with E-state index in [1.165, 1.54) is 5.56 Å². The highest BCUT2D eigenvalue weighted by Gasteiger charge is 2.30. The average molecular weight is 309 g/mol. The fourth-order valence-corrected chi connectivity index (χ4v) is 3.05. The molecule has 5 nitrogen and oxygen atoms in total. The van der Waals surface area contributed by atoms with E-state index in [-0.39, 0.29) is 18.5 Å². The lowest BCUT2D eigenvalue weighted by Crippen LogP contribution is -2.39. The molecule has 0 radical (unpaired) electrons. The molecule has 23 heavy (non-hydrogen) atoms. The van der Waals surface area contributed by atoms with Crippen LogP contribution in [0.5, 0.6) is 0 Å². The SMILES string of the molecule is CC1Cc2ccccc2N1C(=O)CNc1ccccc1C(N)=O. The summed E-state index contributed by atoms with van der Waals surface area (Å²) in [5.74, 6) is -0.540. The summed E-state index contributed by atoms with van der Waals surface area (Å²) in [4.78, 5) is 25.9. The van der Waals surface area contributed by atoms with Crippen LogP contribution in [0.15, 0.2) is 48.5 Å². The standard InChI is InChI=1S/C18H19N3O2/c1-12-10-13-6-2-5-9-16(13)21(12)17(22)11-20-15-8-4-3-7-14(15)18(19)23/h2-9,12,20H,10-11H2,1H3,(H2,19,23). The zero-order valence-corrected chi connectivity index (χ0v) is 13.0. The lowest BCUT2D eigenvalue weighted by atomic mass is 10.1. The molecule has 3 N–H and O–H groups in total. The smallest absolute Gasteiger partial charge is 0.250 e. The lowest BCUT2D eigenvalue weighted by Gasteiger charge is -2.23. The monoisotopic (exact) mass is 309 g/mol. The highest BCUT2D eigenvalue weighted by molar-refractivity contribution is 6.01. The molecule has 2 aromatic rings. The van der Waals surface area contributed by atoms with Crippen LogP contribution in [0.25, 0.3) is 0 Å². The van der Waals surface area contributed by atoms with E-state index < -0.39 is 5.91 Å². The molecular weight excluding hydrogens is 290 g/mol. The zero-order chi connectivity index (χ0) is 16.4. The molecule has 0 bridgehead atoms. The topological polar surface area (TPSA) is 75.4 Å². The number of hydrogen-bond acceptors (Lipinski definition) is 3. The van der Waals surface area contributed by atoms with Gasteiger partial charge in [0.2, 0.25) is 5.91 Å². The Kier molecular flexibility index (Phi) is 4.02. The third kappa shape index (κ3) is 2.90. The molecule has 0 aliphatic carbocycles. The molecule has 5 heteroatoms. The molecular formula is C18H19N3O2. The van der Waals surface area contributed by atoms with Gasteiger partial charge in [0, 0.05) is 17.4 Å². The Morgan fingerprint density at radius 2 is 1.87 bits per heavy atom. The van der Waals surface area contributed by atoms with Gasteiger partial charge in [-0.1, -0.05) is 30.3 Å². The number of hydrogen-bond donors (Lipinski definition) is 2. The third-order valence-corrected chi connectivity index (χ3v) is 4.10. The number of nitrogens with one attached hydrogen (secondary N) is 1. The molecule has 0 spiro atoms. The van der Waals surface area contributed by atoms with Gasteiger partial charge in [-0.25, -0.2) is 0 Å². The summed E-state index contributed by atoms with van der Waals surface area (Å²) >= 11 is 0. The van der Waals surface area contributed by atoms with Crippen molar-refractivity contribution < 1.29 is 9.59 Å². The number of para-hydroxylation sites is 2. The Balaban J connectivity index is 1.75. The van der Waals surface area contributed by atoms with E-state index in [1.807, 2.05) is 30.0 Å². The Morgan fingerprint density at radius 3 is 2.65 bits per heavy atom. The molecule has 1 aliphatic heterocycles. The third-order valence-electron chi connectivity index (χ3n) is 4.10. The predicted octanol–water partition coefficient (Wildman–Crippen LogP) is 2.18. The van der Waals surface area contributed by atoms with Crippen molar-refractivity contribution in [1.29, 1.82) is 0 Å². The van der Waals surface area contributed by atoms with Crippen molar-refractivity contribution in [2.24, 2.45) is 5.73 Å². The van der Waals surface area contributed by atoms with Gasteiger partial charge in [-0.05, 0) is 37.1 Å². The molecule has 1 aliphatic rings. The highest BCUT2D eigenvalue weighted by atomic mass is 16.2. The average Bonchev–Trinajstić information content (AvgIpc) is 2.88. The molecule has 2 aromatic carbocycles. The molecule has 1 atom stereocenters. The molecule has 118 valence electrons. The van der Waals surface area contributed by atoms with Crippen molar-refractivity contribution in [2.75, 3.05) is 16.8 Å². The van der Waals surface area contributed by atoms with Gasteiger partial charge < -0.3 is 16.0 Å². The Labute approximate surface area is 135 Å². The quantitative estimate of drug-likeness (QED) is 0.909. The summed E-state index contributed by atoms with van der Waals surface area (Å²) in [6, 6.07) is 15.0. The zero-order valence-electron chi connectivity index (χ0n) is 13.0. The first-order chi connectivity index (χ1) is 11.1. The van der Waals surface area contributed by atoms with Gasteiger partial charge in [-0.3, -0.25) is 9.59 Å². The molecule has 1 heterocycles. The molecule has 3 rings (SSSR count). The fourth-order valence-electron chi connectivity index (χ4n) is 3.05. The van der Waals surface area contributed by atoms with E-state index in [0.29, 0.717) is 11.3 Å². The van der Waals surface area contributed by atoms with E-state index in [9.17, 15) is 9.59 Å². The number of benzene rings is 2. The summed E-state index contributed by atoms with van der Waals surface area (Å²) < 4.78 is 0. The normalized spacial score (nSPS) is 16.0. The van der Waals surface area contributed by atoms with Crippen LogP contribution < -0.4 is 16.0 Å². The van der Waals surface area contributed by atoms with Crippen LogP contribution in [-0.2, 0) is 11.2 Å². The molecule has 0 aromatic heterocycles. The summed E-state index contributed by atoms with van der Waals surface area (Å²) in [5, 5.41) is 3.03. The van der Waals surface area contributed by atoms with Gasteiger partial charge in [-0.15, -0.1) is 0 Å². The van der Waals surface area contributed by atoms with Gasteiger partial charge in [0.1, 0.15) is 0 Å². The minimum atomic E-state index is -0.513. The van der Waals surface area contributed by atoms with Crippen LogP contribution in [-0.4, -0.2) is 24.4 Å². The second-order valence-corrected chi connectivity index (χ2v) is 5.71. The minimum Gasteiger partial charge on any atom is -0.375 e. The van der Waals surface area contributed by atoms with Crippen LogP contribution in [0.1, 0.15) is 22.8 Å². The fraction of sp³-hybridized carbons (Fsp3) is 0.222. The second-order valence-electron chi connectivity index (χ2n) is 5.71. The predicted molar refractivity (Wildman–Crippen MR) is 90.5 cm³/mol. The molecule has 2 amide bonds. The second kappa shape index (κ2) is 6.12. The van der Waals surface area contributed by atoms with Crippen molar-refractivity contribution >= 4 is 23.2 Å². The minimum absolute atomic E-state index is 0.0262. The van der Waals surface area contributed by atoms with E-state index in [1.54, 1.807) is 24.3 Å². The first-order valence-corrected chi connectivity index (χ1v) is 7.60. The number of nitrogens with zero attached hydrogens (tertiary/aromatic N) is 1. The van der Waals surface area contributed by atoms with Crippen molar-refractivity contribution in [1.82, 2.24) is 0 Å². The highest BCUT2D eigenvalue weighted by Crippen LogP contribution is 2.31. The van der Waals surface area contributed by atoms with Gasteiger partial charge in [0.05, 0.1) is 12.1 Å². The van der Waals surface area contributed by atoms with Crippen molar-refractivity contribution in [3.05, 3.63) is 59.7 Å².